The molecule has 0 saturated carbocycles. The maximum Gasteiger partial charge on any atom is 0.267 e. The van der Waals surface area contributed by atoms with Crippen molar-refractivity contribution in [2.24, 2.45) is 5.10 Å². The summed E-state index contributed by atoms with van der Waals surface area (Å²) in [5.41, 5.74) is 3.35. The molecule has 2 aliphatic heterocycles. The van der Waals surface area contributed by atoms with Crippen LogP contribution in [0.4, 0.5) is 11.4 Å². The molecule has 162 valence electrons. The first-order valence-electron chi connectivity index (χ1n) is 9.41. The number of hydrogen-bond donors (Lipinski definition) is 0. The van der Waals surface area contributed by atoms with Crippen molar-refractivity contribution in [2.45, 2.75) is 11.1 Å². The molecule has 0 unspecified atom stereocenters. The molecule has 32 heavy (non-hydrogen) atoms. The first-order chi connectivity index (χ1) is 15.5. The van der Waals surface area contributed by atoms with Crippen molar-refractivity contribution in [3.63, 3.8) is 0 Å². The van der Waals surface area contributed by atoms with Gasteiger partial charge in [-0.15, -0.1) is 0 Å². The van der Waals surface area contributed by atoms with Crippen LogP contribution in [0.1, 0.15) is 12.5 Å². The van der Waals surface area contributed by atoms with Gasteiger partial charge in [0.25, 0.3) is 4.74 Å². The van der Waals surface area contributed by atoms with Gasteiger partial charge in [0.15, 0.2) is 0 Å². The van der Waals surface area contributed by atoms with E-state index in [2.05, 4.69) is 0 Å². The first kappa shape index (κ1) is 22.5. The van der Waals surface area contributed by atoms with Crippen LogP contribution in [0.25, 0.3) is 0 Å². The second-order valence-electron chi connectivity index (χ2n) is 6.68. The molecular weight excluding hydrogens is 541 g/mol. The second-order valence-corrected chi connectivity index (χ2v) is 12.6. The van der Waals surface area contributed by atoms with Gasteiger partial charge in [0.1, 0.15) is 24.2 Å². The zero-order chi connectivity index (χ0) is 22.4. The Kier molecular flexibility index (Phi) is 6.41. The van der Waals surface area contributed by atoms with E-state index in [9.17, 15) is 4.79 Å². The molecule has 2 aliphatic rings. The highest BCUT2D eigenvalue weighted by atomic mass is 35.5. The highest BCUT2D eigenvalue weighted by Crippen LogP contribution is 2.48. The van der Waals surface area contributed by atoms with Crippen LogP contribution < -0.4 is 14.7 Å². The van der Waals surface area contributed by atoms with E-state index in [0.29, 0.717) is 22.3 Å². The molecule has 2 aromatic carbocycles. The summed E-state index contributed by atoms with van der Waals surface area (Å²) in [6.07, 6.45) is 0. The van der Waals surface area contributed by atoms with Crippen molar-refractivity contribution < 1.29 is 0 Å². The largest absolute Gasteiger partial charge is 0.332 e. The Bertz CT molecular complexity index is 1330. The van der Waals surface area contributed by atoms with E-state index in [-0.39, 0.29) is 4.74 Å². The average Bonchev–Trinajstić information content (AvgIpc) is 3.38. The monoisotopic (exact) mass is 553 g/mol. The SMILES string of the molecule is CCN1/C(=C2/SC(c3ccc(Cl)cc3)=NN2c2ccc(Cl)cc2)C(=S)Sc2ssc(=O)c21. The van der Waals surface area contributed by atoms with E-state index in [1.165, 1.54) is 44.2 Å². The third-order valence-electron chi connectivity index (χ3n) is 4.76. The molecule has 0 spiro atoms. The van der Waals surface area contributed by atoms with E-state index in [1.54, 1.807) is 0 Å². The fourth-order valence-corrected chi connectivity index (χ4v) is 8.95. The van der Waals surface area contributed by atoms with Gasteiger partial charge in [-0.3, -0.25) is 4.79 Å². The van der Waals surface area contributed by atoms with Gasteiger partial charge in [-0.2, -0.15) is 5.10 Å². The highest BCUT2D eigenvalue weighted by molar-refractivity contribution is 8.25. The van der Waals surface area contributed by atoms with Crippen LogP contribution in [0.2, 0.25) is 10.0 Å². The molecule has 0 fully saturated rings. The van der Waals surface area contributed by atoms with Crippen molar-refractivity contribution in [2.75, 3.05) is 16.5 Å². The average molecular weight is 555 g/mol. The molecule has 3 aromatic rings. The maximum atomic E-state index is 12.6. The Morgan fingerprint density at radius 1 is 0.969 bits per heavy atom. The number of hydrazone groups is 1. The lowest BCUT2D eigenvalue weighted by atomic mass is 10.2. The highest BCUT2D eigenvalue weighted by Gasteiger charge is 2.37. The van der Waals surface area contributed by atoms with Crippen LogP contribution in [-0.2, 0) is 0 Å². The minimum absolute atomic E-state index is 0.0554. The lowest BCUT2D eigenvalue weighted by Gasteiger charge is -2.32. The molecule has 3 heterocycles. The maximum absolute atomic E-state index is 12.6. The summed E-state index contributed by atoms with van der Waals surface area (Å²) >= 11 is 21.0. The number of fused-ring (bicyclic) bond motifs is 1. The predicted octanol–water partition coefficient (Wildman–Crippen LogP) is 7.52. The van der Waals surface area contributed by atoms with Gasteiger partial charge >= 0.3 is 0 Å². The number of nitrogens with zero attached hydrogens (tertiary/aromatic N) is 3. The fourth-order valence-electron chi connectivity index (χ4n) is 3.30. The van der Waals surface area contributed by atoms with Crippen LogP contribution in [0.5, 0.6) is 0 Å². The van der Waals surface area contributed by atoms with Crippen LogP contribution in [0.3, 0.4) is 0 Å². The molecule has 5 rings (SSSR count). The summed E-state index contributed by atoms with van der Waals surface area (Å²) in [7, 11) is 2.73. The summed E-state index contributed by atoms with van der Waals surface area (Å²) in [4.78, 5) is 14.7. The van der Waals surface area contributed by atoms with Crippen LogP contribution in [-0.4, -0.2) is 15.8 Å². The Hall–Kier alpha value is -1.33. The molecule has 0 aliphatic carbocycles. The van der Waals surface area contributed by atoms with Crippen molar-refractivity contribution >= 4 is 100 Å². The first-order valence-corrected chi connectivity index (χ1v) is 14.4. The van der Waals surface area contributed by atoms with E-state index in [1.807, 2.05) is 65.4 Å². The number of rotatable bonds is 3. The lowest BCUT2D eigenvalue weighted by molar-refractivity contribution is 0.956. The normalized spacial score (nSPS) is 18.2. The fraction of sp³-hybridized carbons (Fsp3) is 0.0952. The van der Waals surface area contributed by atoms with E-state index in [4.69, 9.17) is 40.5 Å². The number of thiocarbonyl (C=S) groups is 1. The molecule has 0 radical (unpaired) electrons. The van der Waals surface area contributed by atoms with Gasteiger partial charge in [-0.05, 0) is 65.4 Å². The molecule has 0 atom stereocenters. The summed E-state index contributed by atoms with van der Waals surface area (Å²) in [6.45, 7) is 2.65. The third-order valence-corrected chi connectivity index (χ3v) is 10.3. The number of hydrogen-bond acceptors (Lipinski definition) is 9. The Morgan fingerprint density at radius 2 is 1.62 bits per heavy atom. The molecule has 0 N–H and O–H groups in total. The van der Waals surface area contributed by atoms with Crippen LogP contribution in [0, 0.1) is 0 Å². The molecule has 1 aromatic heterocycles. The summed E-state index contributed by atoms with van der Waals surface area (Å²) in [5.74, 6) is 0. The number of halogens is 2. The number of benzene rings is 2. The van der Waals surface area contributed by atoms with Gasteiger partial charge in [0.05, 0.1) is 11.4 Å². The van der Waals surface area contributed by atoms with Gasteiger partial charge in [0, 0.05) is 22.2 Å². The van der Waals surface area contributed by atoms with Gasteiger partial charge < -0.3 is 4.90 Å². The Labute approximate surface area is 215 Å². The van der Waals surface area contributed by atoms with Crippen molar-refractivity contribution in [3.8, 4) is 0 Å². The predicted molar refractivity (Wildman–Crippen MR) is 146 cm³/mol. The molecule has 11 heteroatoms. The van der Waals surface area contributed by atoms with Gasteiger partial charge in [-0.1, -0.05) is 69.7 Å². The van der Waals surface area contributed by atoms with E-state index < -0.39 is 0 Å². The molecule has 0 amide bonds. The second kappa shape index (κ2) is 9.13. The Balaban J connectivity index is 1.68. The molecular formula is C21H13Cl2N3OS5. The number of anilines is 2. The minimum Gasteiger partial charge on any atom is -0.332 e. The van der Waals surface area contributed by atoms with Crippen molar-refractivity contribution in [3.05, 3.63) is 84.4 Å². The van der Waals surface area contributed by atoms with Gasteiger partial charge in [-0.25, -0.2) is 5.01 Å². The zero-order valence-electron chi connectivity index (χ0n) is 16.4. The topological polar surface area (TPSA) is 35.9 Å². The molecule has 4 nitrogen and oxygen atoms in total. The molecule has 0 saturated heterocycles. The quantitative estimate of drug-likeness (QED) is 0.189. The van der Waals surface area contributed by atoms with Crippen molar-refractivity contribution in [1.29, 1.82) is 0 Å². The number of thioether (sulfide) groups is 2. The third kappa shape index (κ3) is 4.04. The summed E-state index contributed by atoms with van der Waals surface area (Å²) in [6, 6.07) is 15.1. The molecule has 0 bridgehead atoms. The summed E-state index contributed by atoms with van der Waals surface area (Å²) < 4.78 is 1.73. The Morgan fingerprint density at radius 3 is 2.28 bits per heavy atom. The van der Waals surface area contributed by atoms with E-state index in [0.717, 1.165) is 35.4 Å². The lowest BCUT2D eigenvalue weighted by Crippen LogP contribution is -2.34. The standard InChI is InChI=1S/C21H13Cl2N3OS5/c1-2-25-15(20(28)30-21-16(25)19(27)31-32-21)18-26(14-9-7-13(23)8-10-14)24-17(29-18)11-3-5-12(22)6-4-11/h3-10H,2H2,1H3/b18-15+. The van der Waals surface area contributed by atoms with Crippen LogP contribution >= 0.6 is 79.6 Å². The zero-order valence-corrected chi connectivity index (χ0v) is 22.0. The van der Waals surface area contributed by atoms with Crippen molar-refractivity contribution in [1.82, 2.24) is 0 Å². The minimum atomic E-state index is 0.0554. The smallest absolute Gasteiger partial charge is 0.267 e. The van der Waals surface area contributed by atoms with Gasteiger partial charge in [0.2, 0.25) is 0 Å². The van der Waals surface area contributed by atoms with Crippen LogP contribution in [0.15, 0.2) is 73.4 Å². The van der Waals surface area contributed by atoms with E-state index >= 15 is 0 Å². The summed E-state index contributed by atoms with van der Waals surface area (Å²) in [5, 5.41) is 9.79.